The number of aryl methyl sites for hydroxylation is 1. The molecule has 0 saturated carbocycles. The van der Waals surface area contributed by atoms with Gasteiger partial charge in [-0.05, 0) is 57.2 Å². The van der Waals surface area contributed by atoms with Crippen molar-refractivity contribution in [2.75, 3.05) is 24.5 Å². The van der Waals surface area contributed by atoms with E-state index < -0.39 is 0 Å². The molecule has 0 N–H and O–H groups in total. The molecular formula is C18H28N2O. The number of hydrogen-bond donors (Lipinski definition) is 0. The second-order valence-corrected chi connectivity index (χ2v) is 6.00. The number of benzene rings is 1. The molecule has 1 heterocycles. The van der Waals surface area contributed by atoms with E-state index in [1.54, 1.807) is 0 Å². The van der Waals surface area contributed by atoms with Crippen LogP contribution in [0.1, 0.15) is 45.1 Å². The van der Waals surface area contributed by atoms with Crippen LogP contribution in [-0.4, -0.2) is 36.5 Å². The summed E-state index contributed by atoms with van der Waals surface area (Å²) in [5, 5.41) is 0. The first-order valence-corrected chi connectivity index (χ1v) is 8.26. The van der Waals surface area contributed by atoms with Crippen molar-refractivity contribution in [3.8, 4) is 0 Å². The molecule has 0 radical (unpaired) electrons. The summed E-state index contributed by atoms with van der Waals surface area (Å²) in [6.07, 6.45) is 4.65. The Morgan fingerprint density at radius 3 is 2.81 bits per heavy atom. The van der Waals surface area contributed by atoms with Crippen LogP contribution in [0.4, 0.5) is 5.69 Å². The Morgan fingerprint density at radius 2 is 2.14 bits per heavy atom. The molecule has 1 saturated heterocycles. The number of likely N-dealkylation sites (N-methyl/N-ethyl adjacent to an activating group) is 1. The van der Waals surface area contributed by atoms with Crippen molar-refractivity contribution in [3.05, 3.63) is 29.8 Å². The van der Waals surface area contributed by atoms with Crippen LogP contribution >= 0.6 is 0 Å². The van der Waals surface area contributed by atoms with Gasteiger partial charge in [-0.3, -0.25) is 4.79 Å². The molecule has 0 bridgehead atoms. The number of rotatable bonds is 5. The smallest absolute Gasteiger partial charge is 0.242 e. The van der Waals surface area contributed by atoms with Crippen LogP contribution in [0.3, 0.4) is 0 Å². The molecule has 1 aromatic rings. The van der Waals surface area contributed by atoms with E-state index in [0.717, 1.165) is 31.6 Å². The van der Waals surface area contributed by atoms with E-state index in [4.69, 9.17) is 0 Å². The first kappa shape index (κ1) is 15.9. The summed E-state index contributed by atoms with van der Waals surface area (Å²) >= 11 is 0. The molecule has 21 heavy (non-hydrogen) atoms. The quantitative estimate of drug-likeness (QED) is 0.826. The zero-order valence-electron chi connectivity index (χ0n) is 13.6. The largest absolute Gasteiger partial charge is 0.362 e. The van der Waals surface area contributed by atoms with Gasteiger partial charge in [-0.2, -0.15) is 0 Å². The molecule has 0 aliphatic carbocycles. The van der Waals surface area contributed by atoms with Crippen molar-refractivity contribution in [2.45, 2.75) is 52.5 Å². The highest BCUT2D eigenvalue weighted by Gasteiger charge is 2.26. The molecule has 1 aliphatic rings. The van der Waals surface area contributed by atoms with Crippen LogP contribution in [-0.2, 0) is 4.79 Å². The van der Waals surface area contributed by atoms with E-state index in [1.165, 1.54) is 18.4 Å². The van der Waals surface area contributed by atoms with Gasteiger partial charge in [-0.25, -0.2) is 0 Å². The van der Waals surface area contributed by atoms with Gasteiger partial charge in [-0.1, -0.05) is 19.1 Å². The van der Waals surface area contributed by atoms with Crippen LogP contribution in [0.15, 0.2) is 24.3 Å². The second-order valence-electron chi connectivity index (χ2n) is 6.00. The maximum atomic E-state index is 12.7. The van der Waals surface area contributed by atoms with Crippen LogP contribution in [0, 0.1) is 6.92 Å². The standard InChI is InChI=1S/C18H28N2O/c1-4-16-10-6-7-12-20(16)18(21)14-19(5-2)17-11-8-9-15(3)13-17/h8-9,11,13,16H,4-7,10,12,14H2,1-3H3. The monoisotopic (exact) mass is 288 g/mol. The molecule has 1 atom stereocenters. The molecule has 0 spiro atoms. The van der Waals surface area contributed by atoms with Crippen molar-refractivity contribution >= 4 is 11.6 Å². The summed E-state index contributed by atoms with van der Waals surface area (Å²) in [5.74, 6) is 0.282. The highest BCUT2D eigenvalue weighted by molar-refractivity contribution is 5.82. The Hall–Kier alpha value is -1.51. The Labute approximate surface area is 128 Å². The van der Waals surface area contributed by atoms with Crippen LogP contribution in [0.5, 0.6) is 0 Å². The van der Waals surface area contributed by atoms with Gasteiger partial charge in [0.1, 0.15) is 0 Å². The van der Waals surface area contributed by atoms with E-state index in [2.05, 4.69) is 54.8 Å². The maximum absolute atomic E-state index is 12.7. The Balaban J connectivity index is 2.05. The number of anilines is 1. The highest BCUT2D eigenvalue weighted by atomic mass is 16.2. The van der Waals surface area contributed by atoms with Gasteiger partial charge in [-0.15, -0.1) is 0 Å². The lowest BCUT2D eigenvalue weighted by atomic mass is 10.00. The molecule has 116 valence electrons. The third kappa shape index (κ3) is 3.99. The number of likely N-dealkylation sites (tertiary alicyclic amines) is 1. The molecule has 3 nitrogen and oxygen atoms in total. The van der Waals surface area contributed by atoms with E-state index >= 15 is 0 Å². The summed E-state index contributed by atoms with van der Waals surface area (Å²) in [6, 6.07) is 8.86. The molecule has 1 aromatic carbocycles. The van der Waals surface area contributed by atoms with Gasteiger partial charge in [0.2, 0.25) is 5.91 Å². The van der Waals surface area contributed by atoms with Crippen molar-refractivity contribution in [1.29, 1.82) is 0 Å². The predicted octanol–water partition coefficient (Wildman–Crippen LogP) is 3.61. The van der Waals surface area contributed by atoms with Crippen LogP contribution in [0.25, 0.3) is 0 Å². The number of hydrogen-bond acceptors (Lipinski definition) is 2. The van der Waals surface area contributed by atoms with Gasteiger partial charge >= 0.3 is 0 Å². The lowest BCUT2D eigenvalue weighted by molar-refractivity contribution is -0.133. The number of carbonyl (C=O) groups excluding carboxylic acids is 1. The highest BCUT2D eigenvalue weighted by Crippen LogP contribution is 2.21. The second kappa shape index (κ2) is 7.48. The van der Waals surface area contributed by atoms with E-state index in [9.17, 15) is 4.79 Å². The topological polar surface area (TPSA) is 23.6 Å². The number of piperidine rings is 1. The van der Waals surface area contributed by atoms with Gasteiger partial charge < -0.3 is 9.80 Å². The fraction of sp³-hybridized carbons (Fsp3) is 0.611. The van der Waals surface area contributed by atoms with Crippen molar-refractivity contribution in [1.82, 2.24) is 4.90 Å². The summed E-state index contributed by atoms with van der Waals surface area (Å²) in [5.41, 5.74) is 2.39. The third-order valence-electron chi connectivity index (χ3n) is 4.49. The number of nitrogens with zero attached hydrogens (tertiary/aromatic N) is 2. The molecule has 2 rings (SSSR count). The average Bonchev–Trinajstić information content (AvgIpc) is 2.52. The first-order chi connectivity index (χ1) is 10.2. The SMILES string of the molecule is CCC1CCCCN1C(=O)CN(CC)c1cccc(C)c1. The van der Waals surface area contributed by atoms with Crippen molar-refractivity contribution < 1.29 is 4.79 Å². The molecule has 1 aliphatic heterocycles. The fourth-order valence-corrected chi connectivity index (χ4v) is 3.22. The summed E-state index contributed by atoms with van der Waals surface area (Å²) in [6.45, 7) is 8.69. The minimum Gasteiger partial charge on any atom is -0.362 e. The van der Waals surface area contributed by atoms with Crippen molar-refractivity contribution in [2.24, 2.45) is 0 Å². The van der Waals surface area contributed by atoms with Crippen molar-refractivity contribution in [3.63, 3.8) is 0 Å². The molecule has 1 unspecified atom stereocenters. The minimum absolute atomic E-state index is 0.282. The zero-order chi connectivity index (χ0) is 15.2. The lowest BCUT2D eigenvalue weighted by Crippen LogP contribution is -2.48. The molecule has 0 aromatic heterocycles. The molecule has 1 amide bonds. The minimum atomic E-state index is 0.282. The van der Waals surface area contributed by atoms with E-state index in [0.29, 0.717) is 12.6 Å². The lowest BCUT2D eigenvalue weighted by Gasteiger charge is -2.37. The van der Waals surface area contributed by atoms with Gasteiger partial charge in [0.05, 0.1) is 6.54 Å². The normalized spacial score (nSPS) is 18.6. The van der Waals surface area contributed by atoms with Gasteiger partial charge in [0.25, 0.3) is 0 Å². The predicted molar refractivity (Wildman–Crippen MR) is 88.7 cm³/mol. The van der Waals surface area contributed by atoms with Crippen LogP contribution in [0.2, 0.25) is 0 Å². The fourth-order valence-electron chi connectivity index (χ4n) is 3.22. The summed E-state index contributed by atoms with van der Waals surface area (Å²) in [4.78, 5) is 17.0. The average molecular weight is 288 g/mol. The van der Waals surface area contributed by atoms with Crippen LogP contribution < -0.4 is 4.90 Å². The first-order valence-electron chi connectivity index (χ1n) is 8.26. The Kier molecular flexibility index (Phi) is 5.66. The Morgan fingerprint density at radius 1 is 1.33 bits per heavy atom. The third-order valence-corrected chi connectivity index (χ3v) is 4.49. The number of carbonyl (C=O) groups is 1. The summed E-state index contributed by atoms with van der Waals surface area (Å²) in [7, 11) is 0. The Bertz CT molecular complexity index is 472. The zero-order valence-corrected chi connectivity index (χ0v) is 13.6. The molecular weight excluding hydrogens is 260 g/mol. The maximum Gasteiger partial charge on any atom is 0.242 e. The van der Waals surface area contributed by atoms with E-state index in [1.807, 2.05) is 0 Å². The molecule has 3 heteroatoms. The van der Waals surface area contributed by atoms with E-state index in [-0.39, 0.29) is 5.91 Å². The number of amides is 1. The van der Waals surface area contributed by atoms with Gasteiger partial charge in [0.15, 0.2) is 0 Å². The van der Waals surface area contributed by atoms with Gasteiger partial charge in [0, 0.05) is 24.8 Å². The molecule has 1 fully saturated rings. The summed E-state index contributed by atoms with van der Waals surface area (Å²) < 4.78 is 0.